The van der Waals surface area contributed by atoms with E-state index in [0.29, 0.717) is 12.8 Å². The Balaban J connectivity index is 4.48. The van der Waals surface area contributed by atoms with Crippen LogP contribution in [0.25, 0.3) is 0 Å². The van der Waals surface area contributed by atoms with Gasteiger partial charge in [0.25, 0.3) is 0 Å². The average molecular weight is 1070 g/mol. The molecule has 0 aromatic heterocycles. The number of carbonyl (C=O) groups is 3. The third kappa shape index (κ3) is 62.3. The number of hydrogen-bond donors (Lipinski definition) is 0. The summed E-state index contributed by atoms with van der Waals surface area (Å²) in [6.45, 7) is 6.36. The van der Waals surface area contributed by atoms with Gasteiger partial charge in [-0.3, -0.25) is 14.4 Å². The highest BCUT2D eigenvalue weighted by Crippen LogP contribution is 2.15. The second-order valence-electron chi connectivity index (χ2n) is 20.5. The second-order valence-corrected chi connectivity index (χ2v) is 20.5. The van der Waals surface area contributed by atoms with Gasteiger partial charge in [0.05, 0.1) is 0 Å². The molecule has 0 spiro atoms. The van der Waals surface area contributed by atoms with Crippen LogP contribution in [0.1, 0.15) is 278 Å². The standard InChI is InChI=1S/C71H116O6/c1-4-7-10-13-16-19-22-25-28-31-34-35-38-40-43-46-49-52-55-58-61-64-70(73)76-67-68(77-71(74)65-62-59-56-53-50-47-44-41-37-33-30-27-24-21-18-15-12-9-6-3)66-75-69(72)63-60-57-54-51-48-45-42-39-36-32-29-26-23-20-17-14-11-8-5-2/h7,9-10,12,16-21,25-30,34-35,37,41,47,50,68H,4-6,8,11,13-15,22-24,31-33,36,38-40,42-46,48-49,51-67H2,1-3H3/b10-7-,12-9-,19-16-,20-17-,21-18-,28-25-,29-26-,30-27-,35-34-,41-37-,50-47-. The van der Waals surface area contributed by atoms with E-state index in [1.165, 1.54) is 103 Å². The molecule has 0 aliphatic carbocycles. The van der Waals surface area contributed by atoms with E-state index in [4.69, 9.17) is 14.2 Å². The lowest BCUT2D eigenvalue weighted by atomic mass is 10.1. The van der Waals surface area contributed by atoms with Crippen molar-refractivity contribution in [3.8, 4) is 0 Å². The van der Waals surface area contributed by atoms with Gasteiger partial charge in [0.1, 0.15) is 13.2 Å². The molecule has 1 unspecified atom stereocenters. The summed E-state index contributed by atoms with van der Waals surface area (Å²) in [6, 6.07) is 0. The number of rotatable bonds is 56. The monoisotopic (exact) mass is 1060 g/mol. The first-order chi connectivity index (χ1) is 38.0. The van der Waals surface area contributed by atoms with Crippen molar-refractivity contribution in [2.24, 2.45) is 0 Å². The zero-order valence-corrected chi connectivity index (χ0v) is 49.9. The maximum atomic E-state index is 12.9. The molecular weight excluding hydrogens is 949 g/mol. The van der Waals surface area contributed by atoms with E-state index in [-0.39, 0.29) is 37.5 Å². The molecule has 6 nitrogen and oxygen atoms in total. The molecule has 0 rings (SSSR count). The Bertz CT molecular complexity index is 1650. The summed E-state index contributed by atoms with van der Waals surface area (Å²) < 4.78 is 16.9. The van der Waals surface area contributed by atoms with Crippen molar-refractivity contribution >= 4 is 17.9 Å². The third-order valence-electron chi connectivity index (χ3n) is 13.1. The van der Waals surface area contributed by atoms with Gasteiger partial charge in [-0.1, -0.05) is 257 Å². The number of allylic oxidation sites excluding steroid dienone is 22. The molecule has 0 saturated carbocycles. The van der Waals surface area contributed by atoms with Gasteiger partial charge in [0.2, 0.25) is 0 Å². The van der Waals surface area contributed by atoms with Crippen molar-refractivity contribution in [3.63, 3.8) is 0 Å². The summed E-state index contributed by atoms with van der Waals surface area (Å²) >= 11 is 0. The molecule has 436 valence electrons. The van der Waals surface area contributed by atoms with Crippen LogP contribution in [-0.4, -0.2) is 37.2 Å². The van der Waals surface area contributed by atoms with Gasteiger partial charge >= 0.3 is 17.9 Å². The van der Waals surface area contributed by atoms with Crippen LogP contribution in [0.2, 0.25) is 0 Å². The Kier molecular flexibility index (Phi) is 60.4. The zero-order valence-electron chi connectivity index (χ0n) is 49.9. The summed E-state index contributed by atoms with van der Waals surface area (Å²) in [5, 5.41) is 0. The number of ether oxygens (including phenoxy) is 3. The fourth-order valence-corrected chi connectivity index (χ4v) is 8.43. The van der Waals surface area contributed by atoms with E-state index in [1.807, 2.05) is 0 Å². The Morgan fingerprint density at radius 3 is 0.805 bits per heavy atom. The minimum atomic E-state index is -0.808. The van der Waals surface area contributed by atoms with E-state index in [0.717, 1.165) is 135 Å². The molecule has 0 bridgehead atoms. The van der Waals surface area contributed by atoms with Crippen molar-refractivity contribution in [3.05, 3.63) is 134 Å². The Labute approximate surface area is 475 Å². The van der Waals surface area contributed by atoms with Gasteiger partial charge in [-0.15, -0.1) is 0 Å². The first-order valence-corrected chi connectivity index (χ1v) is 31.7. The van der Waals surface area contributed by atoms with Gasteiger partial charge in [-0.05, 0) is 135 Å². The Morgan fingerprint density at radius 2 is 0.506 bits per heavy atom. The smallest absolute Gasteiger partial charge is 0.306 e. The van der Waals surface area contributed by atoms with Crippen LogP contribution in [0.3, 0.4) is 0 Å². The quantitative estimate of drug-likeness (QED) is 0.0261. The van der Waals surface area contributed by atoms with Crippen LogP contribution in [-0.2, 0) is 28.6 Å². The molecule has 0 radical (unpaired) electrons. The summed E-state index contributed by atoms with van der Waals surface area (Å²) in [5.74, 6) is -0.942. The van der Waals surface area contributed by atoms with Gasteiger partial charge in [0.15, 0.2) is 6.10 Å². The summed E-state index contributed by atoms with van der Waals surface area (Å²) in [4.78, 5) is 38.4. The molecule has 77 heavy (non-hydrogen) atoms. The lowest BCUT2D eigenvalue weighted by Crippen LogP contribution is -2.30. The maximum Gasteiger partial charge on any atom is 0.306 e. The molecule has 0 aliphatic heterocycles. The van der Waals surface area contributed by atoms with Crippen molar-refractivity contribution in [2.45, 2.75) is 284 Å². The highest BCUT2D eigenvalue weighted by Gasteiger charge is 2.19. The summed E-state index contributed by atoms with van der Waals surface area (Å²) in [6.07, 6.45) is 90.1. The molecule has 0 aliphatic rings. The first-order valence-electron chi connectivity index (χ1n) is 31.7. The van der Waals surface area contributed by atoms with Gasteiger partial charge in [-0.2, -0.15) is 0 Å². The maximum absolute atomic E-state index is 12.9. The predicted octanol–water partition coefficient (Wildman–Crippen LogP) is 21.8. The van der Waals surface area contributed by atoms with E-state index in [9.17, 15) is 14.4 Å². The fourth-order valence-electron chi connectivity index (χ4n) is 8.43. The number of unbranched alkanes of at least 4 members (excludes halogenated alkanes) is 23. The second kappa shape index (κ2) is 64.1. The van der Waals surface area contributed by atoms with Crippen LogP contribution in [0.4, 0.5) is 0 Å². The molecule has 0 aromatic carbocycles. The molecular formula is C71H116O6. The first kappa shape index (κ1) is 72.5. The van der Waals surface area contributed by atoms with Gasteiger partial charge in [0, 0.05) is 19.3 Å². The number of esters is 3. The van der Waals surface area contributed by atoms with E-state index in [1.54, 1.807) is 0 Å². The largest absolute Gasteiger partial charge is 0.462 e. The average Bonchev–Trinajstić information content (AvgIpc) is 3.43. The Hall–Kier alpha value is -4.45. The van der Waals surface area contributed by atoms with Crippen molar-refractivity contribution < 1.29 is 28.6 Å². The molecule has 0 amide bonds. The summed E-state index contributed by atoms with van der Waals surface area (Å²) in [7, 11) is 0. The molecule has 0 aromatic rings. The molecule has 6 heteroatoms. The Morgan fingerprint density at radius 1 is 0.273 bits per heavy atom. The van der Waals surface area contributed by atoms with Crippen molar-refractivity contribution in [2.75, 3.05) is 13.2 Å². The lowest BCUT2D eigenvalue weighted by Gasteiger charge is -2.18. The van der Waals surface area contributed by atoms with E-state index >= 15 is 0 Å². The minimum Gasteiger partial charge on any atom is -0.462 e. The van der Waals surface area contributed by atoms with Gasteiger partial charge < -0.3 is 14.2 Å². The third-order valence-corrected chi connectivity index (χ3v) is 13.1. The highest BCUT2D eigenvalue weighted by molar-refractivity contribution is 5.71. The highest BCUT2D eigenvalue weighted by atomic mass is 16.6. The number of hydrogen-bond acceptors (Lipinski definition) is 6. The minimum absolute atomic E-state index is 0.0999. The van der Waals surface area contributed by atoms with Crippen LogP contribution < -0.4 is 0 Å². The van der Waals surface area contributed by atoms with Crippen molar-refractivity contribution in [1.82, 2.24) is 0 Å². The van der Waals surface area contributed by atoms with Crippen LogP contribution in [0, 0.1) is 0 Å². The molecule has 0 fully saturated rings. The lowest BCUT2D eigenvalue weighted by molar-refractivity contribution is -0.167. The predicted molar refractivity (Wildman–Crippen MR) is 334 cm³/mol. The van der Waals surface area contributed by atoms with E-state index < -0.39 is 6.10 Å². The molecule has 0 saturated heterocycles. The topological polar surface area (TPSA) is 78.9 Å². The molecule has 0 N–H and O–H groups in total. The van der Waals surface area contributed by atoms with Gasteiger partial charge in [-0.25, -0.2) is 0 Å². The fraction of sp³-hybridized carbons (Fsp3) is 0.648. The molecule has 1 atom stereocenters. The number of carbonyl (C=O) groups excluding carboxylic acids is 3. The van der Waals surface area contributed by atoms with Crippen LogP contribution in [0.5, 0.6) is 0 Å². The van der Waals surface area contributed by atoms with Crippen molar-refractivity contribution in [1.29, 1.82) is 0 Å². The normalized spacial score (nSPS) is 13.0. The molecule has 0 heterocycles. The summed E-state index contributed by atoms with van der Waals surface area (Å²) in [5.41, 5.74) is 0. The zero-order chi connectivity index (χ0) is 55.7. The van der Waals surface area contributed by atoms with Crippen LogP contribution >= 0.6 is 0 Å². The van der Waals surface area contributed by atoms with Crippen LogP contribution in [0.15, 0.2) is 134 Å². The van der Waals surface area contributed by atoms with E-state index in [2.05, 4.69) is 154 Å². The SMILES string of the molecule is CC/C=C\C/C=C\C/C=C\C/C=C\C/C=C\CCCCCC(=O)OC(COC(=O)CCCCCCCCCC/C=C\C/C=C\C/C=C\C/C=C\CC)COC(=O)CCCCCCCCCCC/C=C\C/C=C\CCCCC.